The molecule has 0 aliphatic rings. The van der Waals surface area contributed by atoms with Crippen LogP contribution in [0.1, 0.15) is 17.6 Å². The first-order valence-electron chi connectivity index (χ1n) is 4.08. The number of alkyl halides is 5. The van der Waals surface area contributed by atoms with Crippen LogP contribution >= 0.6 is 22.6 Å². The first-order valence-corrected chi connectivity index (χ1v) is 5.16. The van der Waals surface area contributed by atoms with Crippen molar-refractivity contribution in [2.24, 2.45) is 0 Å². The van der Waals surface area contributed by atoms with Gasteiger partial charge in [-0.3, -0.25) is 0 Å². The minimum Gasteiger partial charge on any atom is -0.392 e. The Labute approximate surface area is 106 Å². The van der Waals surface area contributed by atoms with Crippen LogP contribution in [-0.2, 0) is 6.61 Å². The Bertz CT molecular complexity index is 410. The number of ether oxygens (including phenoxy) is 1. The molecule has 0 aromatic carbocycles. The smallest absolute Gasteiger partial charge is 0.392 e. The Morgan fingerprint density at radius 3 is 2.41 bits per heavy atom. The van der Waals surface area contributed by atoms with E-state index in [2.05, 4.69) is 9.72 Å². The van der Waals surface area contributed by atoms with Gasteiger partial charge in [0.15, 0.2) is 0 Å². The lowest BCUT2D eigenvalue weighted by Crippen LogP contribution is -2.19. The van der Waals surface area contributed by atoms with E-state index in [1.54, 1.807) is 0 Å². The molecule has 0 fully saturated rings. The summed E-state index contributed by atoms with van der Waals surface area (Å²) >= 11 is 1.51. The molecule has 1 heterocycles. The Kier molecular flexibility index (Phi) is 4.47. The van der Waals surface area contributed by atoms with Crippen LogP contribution in [0.2, 0.25) is 0 Å². The number of halogens is 6. The summed E-state index contributed by atoms with van der Waals surface area (Å²) < 4.78 is 64.1. The van der Waals surface area contributed by atoms with E-state index in [1.165, 1.54) is 22.6 Å². The van der Waals surface area contributed by atoms with Crippen molar-refractivity contribution < 1.29 is 31.8 Å². The van der Waals surface area contributed by atoms with E-state index in [4.69, 9.17) is 5.11 Å². The summed E-state index contributed by atoms with van der Waals surface area (Å²) in [6.07, 6.45) is -8.28. The molecule has 1 aromatic heterocycles. The predicted octanol–water partition coefficient (Wildman–Crippen LogP) is 3.01. The summed E-state index contributed by atoms with van der Waals surface area (Å²) in [6, 6.07) is 0.737. The van der Waals surface area contributed by atoms with Crippen molar-refractivity contribution in [1.29, 1.82) is 0 Å². The number of rotatable bonds is 3. The number of nitrogens with zero attached hydrogens (tertiary/aromatic N) is 1. The quantitative estimate of drug-likeness (QED) is 0.506. The lowest BCUT2D eigenvalue weighted by Gasteiger charge is -2.13. The molecule has 0 radical (unpaired) electrons. The molecule has 0 aliphatic carbocycles. The maximum atomic E-state index is 12.5. The summed E-state index contributed by atoms with van der Waals surface area (Å²) in [6.45, 7) is -0.600. The van der Waals surface area contributed by atoms with Gasteiger partial charge in [0, 0.05) is 5.56 Å². The summed E-state index contributed by atoms with van der Waals surface area (Å²) in [5.41, 5.74) is -0.998. The van der Waals surface area contributed by atoms with E-state index in [0.29, 0.717) is 0 Å². The second-order valence-electron chi connectivity index (χ2n) is 2.84. The van der Waals surface area contributed by atoms with Gasteiger partial charge in [0.05, 0.1) is 12.2 Å². The second kappa shape index (κ2) is 5.29. The van der Waals surface area contributed by atoms with E-state index >= 15 is 0 Å². The molecule has 0 bridgehead atoms. The van der Waals surface area contributed by atoms with Gasteiger partial charge in [0.2, 0.25) is 5.88 Å². The second-order valence-corrected chi connectivity index (χ2v) is 3.86. The molecule has 1 aromatic rings. The van der Waals surface area contributed by atoms with Crippen LogP contribution < -0.4 is 4.74 Å². The molecule has 0 unspecified atom stereocenters. The fraction of sp³-hybridized carbons (Fsp3) is 0.375. The standard InChI is InChI=1S/C8H5F5INO2/c9-5(10)4-1-3(2-16)6(14)15-7(4)17-8(11,12)13/h1,5,16H,2H2. The van der Waals surface area contributed by atoms with Gasteiger partial charge in [-0.1, -0.05) is 0 Å². The van der Waals surface area contributed by atoms with Crippen LogP contribution in [0.5, 0.6) is 5.88 Å². The van der Waals surface area contributed by atoms with Crippen molar-refractivity contribution in [3.63, 3.8) is 0 Å². The lowest BCUT2D eigenvalue weighted by molar-refractivity contribution is -0.276. The van der Waals surface area contributed by atoms with E-state index in [-0.39, 0.29) is 9.26 Å². The molecule has 0 atom stereocenters. The summed E-state index contributed by atoms with van der Waals surface area (Å²) in [5, 5.41) is 8.80. The summed E-state index contributed by atoms with van der Waals surface area (Å²) in [7, 11) is 0. The highest BCUT2D eigenvalue weighted by molar-refractivity contribution is 14.1. The summed E-state index contributed by atoms with van der Waals surface area (Å²) in [4.78, 5) is 3.25. The topological polar surface area (TPSA) is 42.4 Å². The molecule has 96 valence electrons. The van der Waals surface area contributed by atoms with Crippen LogP contribution in [0, 0.1) is 3.70 Å². The fourth-order valence-electron chi connectivity index (χ4n) is 0.993. The van der Waals surface area contributed by atoms with Gasteiger partial charge < -0.3 is 9.84 Å². The third kappa shape index (κ3) is 3.91. The molecule has 0 spiro atoms. The zero-order chi connectivity index (χ0) is 13.2. The maximum absolute atomic E-state index is 12.5. The number of hydrogen-bond donors (Lipinski definition) is 1. The van der Waals surface area contributed by atoms with Crippen molar-refractivity contribution in [2.75, 3.05) is 0 Å². The van der Waals surface area contributed by atoms with Gasteiger partial charge >= 0.3 is 6.36 Å². The molecule has 0 aliphatic heterocycles. The number of aromatic nitrogens is 1. The first-order chi connectivity index (χ1) is 7.74. The van der Waals surface area contributed by atoms with E-state index in [0.717, 1.165) is 6.07 Å². The molecule has 0 saturated heterocycles. The number of hydrogen-bond acceptors (Lipinski definition) is 3. The average Bonchev–Trinajstić information content (AvgIpc) is 2.14. The van der Waals surface area contributed by atoms with Crippen LogP contribution in [0.4, 0.5) is 22.0 Å². The monoisotopic (exact) mass is 369 g/mol. The van der Waals surface area contributed by atoms with E-state index in [9.17, 15) is 22.0 Å². The molecule has 0 saturated carbocycles. The van der Waals surface area contributed by atoms with Gasteiger partial charge in [-0.25, -0.2) is 13.8 Å². The third-order valence-corrected chi connectivity index (χ3v) is 2.59. The minimum atomic E-state index is -5.10. The number of pyridine rings is 1. The van der Waals surface area contributed by atoms with Gasteiger partial charge in [-0.2, -0.15) is 0 Å². The van der Waals surface area contributed by atoms with Crippen LogP contribution in [0.3, 0.4) is 0 Å². The van der Waals surface area contributed by atoms with Gasteiger partial charge in [0.25, 0.3) is 6.43 Å². The van der Waals surface area contributed by atoms with E-state index in [1.807, 2.05) is 0 Å². The highest BCUT2D eigenvalue weighted by Crippen LogP contribution is 2.33. The van der Waals surface area contributed by atoms with Crippen LogP contribution in [0.25, 0.3) is 0 Å². The molecule has 1 N–H and O–H groups in total. The van der Waals surface area contributed by atoms with Gasteiger partial charge in [0.1, 0.15) is 3.70 Å². The molecule has 0 amide bonds. The number of aliphatic hydroxyl groups is 1. The minimum absolute atomic E-state index is 0.00965. The Morgan fingerprint density at radius 2 is 2.00 bits per heavy atom. The highest BCUT2D eigenvalue weighted by atomic mass is 127. The highest BCUT2D eigenvalue weighted by Gasteiger charge is 2.34. The SMILES string of the molecule is OCc1cc(C(F)F)c(OC(F)(F)F)nc1I. The molecule has 3 nitrogen and oxygen atoms in total. The normalized spacial score (nSPS) is 12.0. The molecule has 1 rings (SSSR count). The maximum Gasteiger partial charge on any atom is 0.574 e. The lowest BCUT2D eigenvalue weighted by atomic mass is 10.2. The van der Waals surface area contributed by atoms with Crippen molar-refractivity contribution in [2.45, 2.75) is 19.4 Å². The largest absolute Gasteiger partial charge is 0.574 e. The third-order valence-electron chi connectivity index (χ3n) is 1.66. The Morgan fingerprint density at radius 1 is 1.41 bits per heavy atom. The van der Waals surface area contributed by atoms with Crippen LogP contribution in [0.15, 0.2) is 6.07 Å². The molecular formula is C8H5F5INO2. The van der Waals surface area contributed by atoms with Crippen molar-refractivity contribution in [1.82, 2.24) is 4.98 Å². The van der Waals surface area contributed by atoms with Gasteiger partial charge in [-0.05, 0) is 28.7 Å². The fourth-order valence-corrected chi connectivity index (χ4v) is 1.54. The molecule has 17 heavy (non-hydrogen) atoms. The average molecular weight is 369 g/mol. The predicted molar refractivity (Wildman–Crippen MR) is 54.5 cm³/mol. The van der Waals surface area contributed by atoms with Gasteiger partial charge in [-0.15, -0.1) is 13.2 Å². The van der Waals surface area contributed by atoms with Crippen LogP contribution in [-0.4, -0.2) is 16.5 Å². The zero-order valence-electron chi connectivity index (χ0n) is 7.93. The van der Waals surface area contributed by atoms with Crippen molar-refractivity contribution in [3.8, 4) is 5.88 Å². The van der Waals surface area contributed by atoms with Crippen molar-refractivity contribution >= 4 is 22.6 Å². The molecule has 9 heteroatoms. The van der Waals surface area contributed by atoms with Crippen molar-refractivity contribution in [3.05, 3.63) is 20.9 Å². The first kappa shape index (κ1) is 14.4. The summed E-state index contributed by atoms with van der Waals surface area (Å²) in [5.74, 6) is -1.20. The Hall–Kier alpha value is -0.710. The number of aliphatic hydroxyl groups excluding tert-OH is 1. The Balaban J connectivity index is 3.23. The molecular weight excluding hydrogens is 364 g/mol. The zero-order valence-corrected chi connectivity index (χ0v) is 10.1. The van der Waals surface area contributed by atoms with E-state index < -0.39 is 30.8 Å².